The van der Waals surface area contributed by atoms with E-state index in [0.717, 1.165) is 5.56 Å². The van der Waals surface area contributed by atoms with E-state index < -0.39 is 5.97 Å². The van der Waals surface area contributed by atoms with Gasteiger partial charge in [0.05, 0.1) is 11.6 Å². The number of hydrogen-bond donors (Lipinski definition) is 2. The molecule has 2 aromatic rings. The van der Waals surface area contributed by atoms with E-state index in [9.17, 15) is 4.79 Å². The van der Waals surface area contributed by atoms with E-state index in [1.807, 2.05) is 18.2 Å². The number of carboxylic acids is 1. The van der Waals surface area contributed by atoms with Gasteiger partial charge in [0.25, 0.3) is 0 Å². The maximum atomic E-state index is 10.3. The van der Waals surface area contributed by atoms with Crippen LogP contribution in [0.4, 0.5) is 0 Å². The van der Waals surface area contributed by atoms with Crippen molar-refractivity contribution < 1.29 is 14.4 Å². The van der Waals surface area contributed by atoms with Gasteiger partial charge in [-0.3, -0.25) is 4.79 Å². The minimum atomic E-state index is -0.800. The van der Waals surface area contributed by atoms with Crippen LogP contribution in [0.15, 0.2) is 28.8 Å². The second-order valence-corrected chi connectivity index (χ2v) is 4.57. The summed E-state index contributed by atoms with van der Waals surface area (Å²) in [7, 11) is 0. The Hall–Kier alpha value is -1.92. The van der Waals surface area contributed by atoms with Crippen LogP contribution in [-0.4, -0.2) is 27.8 Å². The van der Waals surface area contributed by atoms with E-state index >= 15 is 0 Å². The number of aliphatic carboxylic acids is 1. The number of nitrogens with zero attached hydrogens (tertiary/aromatic N) is 2. The first-order valence-corrected chi connectivity index (χ1v) is 6.54. The van der Waals surface area contributed by atoms with Crippen LogP contribution in [-0.2, 0) is 11.3 Å². The SMILES string of the molecule is O=C(O)CCCNCc1nc(-c2ccccc2Cl)no1. The van der Waals surface area contributed by atoms with Crippen LogP contribution in [0.1, 0.15) is 18.7 Å². The van der Waals surface area contributed by atoms with Crippen molar-refractivity contribution in [2.75, 3.05) is 6.54 Å². The Kier molecular flexibility index (Phi) is 5.09. The molecule has 2 rings (SSSR count). The molecule has 7 heteroatoms. The van der Waals surface area contributed by atoms with Crippen LogP contribution in [0, 0.1) is 0 Å². The van der Waals surface area contributed by atoms with Gasteiger partial charge in [0.15, 0.2) is 0 Å². The van der Waals surface area contributed by atoms with E-state index in [1.165, 1.54) is 0 Å². The summed E-state index contributed by atoms with van der Waals surface area (Å²) in [5.41, 5.74) is 0.718. The number of carboxylic acid groups (broad SMARTS) is 1. The zero-order valence-corrected chi connectivity index (χ0v) is 11.4. The predicted octanol–water partition coefficient (Wildman–Crippen LogP) is 2.34. The van der Waals surface area contributed by atoms with Crippen molar-refractivity contribution in [1.29, 1.82) is 0 Å². The molecule has 0 atom stereocenters. The molecule has 0 bridgehead atoms. The highest BCUT2D eigenvalue weighted by molar-refractivity contribution is 6.33. The molecular weight excluding hydrogens is 282 g/mol. The van der Waals surface area contributed by atoms with Gasteiger partial charge in [0.1, 0.15) is 0 Å². The fourth-order valence-electron chi connectivity index (χ4n) is 1.64. The second kappa shape index (κ2) is 7.02. The van der Waals surface area contributed by atoms with Crippen molar-refractivity contribution in [1.82, 2.24) is 15.5 Å². The van der Waals surface area contributed by atoms with E-state index in [0.29, 0.717) is 36.2 Å². The first-order chi connectivity index (χ1) is 9.66. The average Bonchev–Trinajstić information content (AvgIpc) is 2.87. The summed E-state index contributed by atoms with van der Waals surface area (Å²) >= 11 is 6.05. The van der Waals surface area contributed by atoms with Crippen molar-refractivity contribution in [3.05, 3.63) is 35.2 Å². The number of halogens is 1. The maximum absolute atomic E-state index is 10.3. The van der Waals surface area contributed by atoms with E-state index in [4.69, 9.17) is 21.2 Å². The Morgan fingerprint density at radius 2 is 2.20 bits per heavy atom. The number of rotatable bonds is 7. The minimum Gasteiger partial charge on any atom is -0.481 e. The molecule has 2 N–H and O–H groups in total. The highest BCUT2D eigenvalue weighted by Crippen LogP contribution is 2.24. The van der Waals surface area contributed by atoms with Gasteiger partial charge in [-0.15, -0.1) is 0 Å². The Morgan fingerprint density at radius 3 is 2.95 bits per heavy atom. The number of hydrogen-bond acceptors (Lipinski definition) is 5. The molecule has 0 unspecified atom stereocenters. The number of benzene rings is 1. The summed E-state index contributed by atoms with van der Waals surface area (Å²) in [6.45, 7) is 0.979. The summed E-state index contributed by atoms with van der Waals surface area (Å²) in [5.74, 6) is 0.0822. The molecule has 0 aliphatic heterocycles. The molecule has 0 spiro atoms. The van der Waals surface area contributed by atoms with Crippen molar-refractivity contribution >= 4 is 17.6 Å². The van der Waals surface area contributed by atoms with Gasteiger partial charge in [-0.1, -0.05) is 28.9 Å². The predicted molar refractivity (Wildman–Crippen MR) is 73.3 cm³/mol. The first-order valence-electron chi connectivity index (χ1n) is 6.17. The molecule has 0 fully saturated rings. The lowest BCUT2D eigenvalue weighted by Gasteiger charge is -1.99. The summed E-state index contributed by atoms with van der Waals surface area (Å²) in [5, 5.41) is 16.0. The normalized spacial score (nSPS) is 10.7. The van der Waals surface area contributed by atoms with Crippen LogP contribution in [0.3, 0.4) is 0 Å². The Balaban J connectivity index is 1.87. The van der Waals surface area contributed by atoms with Gasteiger partial charge < -0.3 is 14.9 Å². The number of carbonyl (C=O) groups is 1. The second-order valence-electron chi connectivity index (χ2n) is 4.17. The molecular formula is C13H14ClN3O3. The number of nitrogens with one attached hydrogen (secondary N) is 1. The molecule has 1 aromatic carbocycles. The zero-order valence-electron chi connectivity index (χ0n) is 10.7. The molecule has 1 heterocycles. The van der Waals surface area contributed by atoms with Crippen molar-refractivity contribution in [3.8, 4) is 11.4 Å². The molecule has 106 valence electrons. The summed E-state index contributed by atoms with van der Waals surface area (Å²) in [6.07, 6.45) is 0.697. The molecule has 0 saturated carbocycles. The van der Waals surface area contributed by atoms with Gasteiger partial charge in [-0.05, 0) is 25.1 Å². The molecule has 0 amide bonds. The van der Waals surface area contributed by atoms with Crippen LogP contribution in [0.5, 0.6) is 0 Å². The number of aromatic nitrogens is 2. The lowest BCUT2D eigenvalue weighted by Crippen LogP contribution is -2.15. The van der Waals surface area contributed by atoms with E-state index in [-0.39, 0.29) is 6.42 Å². The summed E-state index contributed by atoms with van der Waals surface area (Å²) in [4.78, 5) is 14.6. The van der Waals surface area contributed by atoms with Crippen molar-refractivity contribution in [3.63, 3.8) is 0 Å². The lowest BCUT2D eigenvalue weighted by molar-refractivity contribution is -0.137. The van der Waals surface area contributed by atoms with Crippen LogP contribution >= 0.6 is 11.6 Å². The van der Waals surface area contributed by atoms with Crippen LogP contribution < -0.4 is 5.32 Å². The first kappa shape index (κ1) is 14.5. The topological polar surface area (TPSA) is 88.2 Å². The summed E-state index contributed by atoms with van der Waals surface area (Å²) in [6, 6.07) is 7.26. The van der Waals surface area contributed by atoms with Gasteiger partial charge >= 0.3 is 5.97 Å². The molecule has 0 radical (unpaired) electrons. The molecule has 0 aliphatic carbocycles. The van der Waals surface area contributed by atoms with Crippen LogP contribution in [0.2, 0.25) is 5.02 Å². The Bertz CT molecular complexity index is 586. The van der Waals surface area contributed by atoms with Gasteiger partial charge in [-0.25, -0.2) is 0 Å². The zero-order chi connectivity index (χ0) is 14.4. The third-order valence-electron chi connectivity index (χ3n) is 2.60. The molecule has 1 aromatic heterocycles. The molecule has 0 aliphatic rings. The molecule has 20 heavy (non-hydrogen) atoms. The summed E-state index contributed by atoms with van der Waals surface area (Å²) < 4.78 is 5.10. The fraction of sp³-hybridized carbons (Fsp3) is 0.308. The smallest absolute Gasteiger partial charge is 0.303 e. The Labute approximate surface area is 120 Å². The highest BCUT2D eigenvalue weighted by Gasteiger charge is 2.10. The standard InChI is InChI=1S/C13H14ClN3O3/c14-10-5-2-1-4-9(10)13-16-11(20-17-13)8-15-7-3-6-12(18)19/h1-2,4-5,15H,3,6-8H2,(H,18,19). The van der Waals surface area contributed by atoms with Gasteiger partial charge in [0, 0.05) is 12.0 Å². The highest BCUT2D eigenvalue weighted by atomic mass is 35.5. The van der Waals surface area contributed by atoms with Gasteiger partial charge in [-0.2, -0.15) is 4.98 Å². The Morgan fingerprint density at radius 1 is 1.40 bits per heavy atom. The maximum Gasteiger partial charge on any atom is 0.303 e. The molecule has 0 saturated heterocycles. The average molecular weight is 296 g/mol. The van der Waals surface area contributed by atoms with Crippen LogP contribution in [0.25, 0.3) is 11.4 Å². The third kappa shape index (κ3) is 4.04. The third-order valence-corrected chi connectivity index (χ3v) is 2.93. The van der Waals surface area contributed by atoms with Crippen molar-refractivity contribution in [2.24, 2.45) is 0 Å². The quantitative estimate of drug-likeness (QED) is 0.762. The largest absolute Gasteiger partial charge is 0.481 e. The minimum absolute atomic E-state index is 0.141. The van der Waals surface area contributed by atoms with E-state index in [1.54, 1.807) is 6.07 Å². The lowest BCUT2D eigenvalue weighted by atomic mass is 10.2. The van der Waals surface area contributed by atoms with E-state index in [2.05, 4.69) is 15.5 Å². The van der Waals surface area contributed by atoms with Gasteiger partial charge in [0.2, 0.25) is 11.7 Å². The monoisotopic (exact) mass is 295 g/mol. The fourth-order valence-corrected chi connectivity index (χ4v) is 1.86. The molecule has 6 nitrogen and oxygen atoms in total. The van der Waals surface area contributed by atoms with Crippen molar-refractivity contribution in [2.45, 2.75) is 19.4 Å².